The largest absolute Gasteiger partial charge is 0.399 e. The Hall–Kier alpha value is -1.76. The van der Waals surface area contributed by atoms with Gasteiger partial charge < -0.3 is 16.0 Å². The van der Waals surface area contributed by atoms with E-state index in [-0.39, 0.29) is 24.1 Å². The van der Waals surface area contributed by atoms with Gasteiger partial charge in [0.05, 0.1) is 12.3 Å². The van der Waals surface area contributed by atoms with Crippen LogP contribution in [0.5, 0.6) is 0 Å². The van der Waals surface area contributed by atoms with Crippen LogP contribution in [-0.2, 0) is 9.59 Å². The standard InChI is InChI=1S/C14H20FN3O2S/c1-3-6-17-13(19)8-18(2)14(20)9-21-12-5-4-10(16)7-11(12)15/h4-5,7H,3,6,8-9,16H2,1-2H3,(H,17,19). The molecule has 0 saturated carbocycles. The Kier molecular flexibility index (Phi) is 7.01. The number of hydrogen-bond donors (Lipinski definition) is 2. The first-order valence-electron chi connectivity index (χ1n) is 6.62. The molecule has 0 aliphatic carbocycles. The highest BCUT2D eigenvalue weighted by Crippen LogP contribution is 2.23. The van der Waals surface area contributed by atoms with Crippen molar-refractivity contribution < 1.29 is 14.0 Å². The van der Waals surface area contributed by atoms with Gasteiger partial charge in [0.25, 0.3) is 0 Å². The van der Waals surface area contributed by atoms with Crippen LogP contribution >= 0.6 is 11.8 Å². The van der Waals surface area contributed by atoms with Crippen molar-refractivity contribution in [2.45, 2.75) is 18.2 Å². The van der Waals surface area contributed by atoms with Gasteiger partial charge in [-0.2, -0.15) is 0 Å². The molecule has 0 spiro atoms. The molecule has 1 rings (SSSR count). The van der Waals surface area contributed by atoms with Crippen molar-refractivity contribution in [3.8, 4) is 0 Å². The van der Waals surface area contributed by atoms with E-state index < -0.39 is 5.82 Å². The summed E-state index contributed by atoms with van der Waals surface area (Å²) in [6.45, 7) is 2.54. The molecule has 0 unspecified atom stereocenters. The number of carbonyl (C=O) groups excluding carboxylic acids is 2. The second-order valence-corrected chi connectivity index (χ2v) is 5.60. The molecular formula is C14H20FN3O2S. The molecular weight excluding hydrogens is 293 g/mol. The molecule has 0 bridgehead atoms. The summed E-state index contributed by atoms with van der Waals surface area (Å²) in [6, 6.07) is 4.34. The maximum Gasteiger partial charge on any atom is 0.239 e. The number of nitrogens with zero attached hydrogens (tertiary/aromatic N) is 1. The summed E-state index contributed by atoms with van der Waals surface area (Å²) < 4.78 is 13.6. The summed E-state index contributed by atoms with van der Waals surface area (Å²) in [5, 5.41) is 2.69. The van der Waals surface area contributed by atoms with Gasteiger partial charge in [-0.15, -0.1) is 11.8 Å². The van der Waals surface area contributed by atoms with Gasteiger partial charge >= 0.3 is 0 Å². The Morgan fingerprint density at radius 1 is 1.43 bits per heavy atom. The second kappa shape index (κ2) is 8.51. The van der Waals surface area contributed by atoms with Crippen LogP contribution in [0, 0.1) is 5.82 Å². The van der Waals surface area contributed by atoms with Gasteiger partial charge in [0, 0.05) is 24.2 Å². The van der Waals surface area contributed by atoms with Crippen LogP contribution in [-0.4, -0.2) is 42.6 Å². The first-order chi connectivity index (χ1) is 9.93. The van der Waals surface area contributed by atoms with Crippen LogP contribution in [0.1, 0.15) is 13.3 Å². The fraction of sp³-hybridized carbons (Fsp3) is 0.429. The number of rotatable bonds is 7. The molecule has 2 amide bonds. The van der Waals surface area contributed by atoms with E-state index in [2.05, 4.69) is 5.32 Å². The highest BCUT2D eigenvalue weighted by atomic mass is 32.2. The van der Waals surface area contributed by atoms with Crippen LogP contribution < -0.4 is 11.1 Å². The van der Waals surface area contributed by atoms with Gasteiger partial charge in [0.1, 0.15) is 5.82 Å². The molecule has 1 aromatic rings. The third-order valence-electron chi connectivity index (χ3n) is 2.69. The van der Waals surface area contributed by atoms with E-state index in [1.165, 1.54) is 17.0 Å². The fourth-order valence-electron chi connectivity index (χ4n) is 1.51. The second-order valence-electron chi connectivity index (χ2n) is 4.58. The zero-order chi connectivity index (χ0) is 15.8. The van der Waals surface area contributed by atoms with E-state index in [1.807, 2.05) is 6.92 Å². The molecule has 116 valence electrons. The number of nitrogens with one attached hydrogen (secondary N) is 1. The third-order valence-corrected chi connectivity index (χ3v) is 3.72. The number of hydrogen-bond acceptors (Lipinski definition) is 4. The van der Waals surface area contributed by atoms with Gasteiger partial charge in [-0.25, -0.2) is 4.39 Å². The molecule has 7 heteroatoms. The average Bonchev–Trinajstić information content (AvgIpc) is 2.43. The van der Waals surface area contributed by atoms with Crippen molar-refractivity contribution in [2.24, 2.45) is 0 Å². The van der Waals surface area contributed by atoms with E-state index in [9.17, 15) is 14.0 Å². The molecule has 0 fully saturated rings. The van der Waals surface area contributed by atoms with Crippen molar-refractivity contribution >= 4 is 29.3 Å². The maximum atomic E-state index is 13.6. The van der Waals surface area contributed by atoms with Crippen LogP contribution in [0.4, 0.5) is 10.1 Å². The number of carbonyl (C=O) groups is 2. The van der Waals surface area contributed by atoms with Crippen molar-refractivity contribution in [1.29, 1.82) is 0 Å². The minimum atomic E-state index is -0.448. The molecule has 21 heavy (non-hydrogen) atoms. The predicted molar refractivity (Wildman–Crippen MR) is 82.5 cm³/mol. The van der Waals surface area contributed by atoms with Gasteiger partial charge in [0.2, 0.25) is 11.8 Å². The summed E-state index contributed by atoms with van der Waals surface area (Å²) in [6.07, 6.45) is 0.843. The topological polar surface area (TPSA) is 75.4 Å². The number of benzene rings is 1. The Labute approximate surface area is 128 Å². The SMILES string of the molecule is CCCNC(=O)CN(C)C(=O)CSc1ccc(N)cc1F. The normalized spacial score (nSPS) is 10.2. The summed E-state index contributed by atoms with van der Waals surface area (Å²) >= 11 is 1.08. The lowest BCUT2D eigenvalue weighted by Gasteiger charge is -2.16. The molecule has 0 atom stereocenters. The van der Waals surface area contributed by atoms with Crippen molar-refractivity contribution in [3.05, 3.63) is 24.0 Å². The Balaban J connectivity index is 2.43. The smallest absolute Gasteiger partial charge is 0.239 e. The van der Waals surface area contributed by atoms with Crippen molar-refractivity contribution in [2.75, 3.05) is 31.6 Å². The Morgan fingerprint density at radius 3 is 2.76 bits per heavy atom. The Bertz CT molecular complexity index is 511. The zero-order valence-corrected chi connectivity index (χ0v) is 13.0. The number of thioether (sulfide) groups is 1. The molecule has 0 saturated heterocycles. The van der Waals surface area contributed by atoms with Gasteiger partial charge in [-0.05, 0) is 24.6 Å². The number of halogens is 1. The average molecular weight is 313 g/mol. The number of nitrogen functional groups attached to an aromatic ring is 1. The number of amides is 2. The third kappa shape index (κ3) is 6.03. The molecule has 5 nitrogen and oxygen atoms in total. The van der Waals surface area contributed by atoms with Crippen LogP contribution in [0.3, 0.4) is 0 Å². The van der Waals surface area contributed by atoms with E-state index in [1.54, 1.807) is 13.1 Å². The highest BCUT2D eigenvalue weighted by Gasteiger charge is 2.14. The molecule has 1 aromatic carbocycles. The Morgan fingerprint density at radius 2 is 2.14 bits per heavy atom. The van der Waals surface area contributed by atoms with E-state index in [0.29, 0.717) is 17.1 Å². The summed E-state index contributed by atoms with van der Waals surface area (Å²) in [5.41, 5.74) is 5.80. The lowest BCUT2D eigenvalue weighted by atomic mass is 10.3. The van der Waals surface area contributed by atoms with E-state index in [4.69, 9.17) is 5.73 Å². The number of anilines is 1. The van der Waals surface area contributed by atoms with Crippen molar-refractivity contribution in [1.82, 2.24) is 10.2 Å². The summed E-state index contributed by atoms with van der Waals surface area (Å²) in [7, 11) is 1.55. The van der Waals surface area contributed by atoms with Crippen molar-refractivity contribution in [3.63, 3.8) is 0 Å². The highest BCUT2D eigenvalue weighted by molar-refractivity contribution is 8.00. The summed E-state index contributed by atoms with van der Waals surface area (Å²) in [4.78, 5) is 25.1. The van der Waals surface area contributed by atoms with Crippen LogP contribution in [0.25, 0.3) is 0 Å². The lowest BCUT2D eigenvalue weighted by Crippen LogP contribution is -2.39. The van der Waals surface area contributed by atoms with Crippen LogP contribution in [0.15, 0.2) is 23.1 Å². The monoisotopic (exact) mass is 313 g/mol. The molecule has 0 aliphatic rings. The molecule has 3 N–H and O–H groups in total. The molecule has 0 aromatic heterocycles. The summed E-state index contributed by atoms with van der Waals surface area (Å²) in [5.74, 6) is -0.811. The van der Waals surface area contributed by atoms with E-state index in [0.717, 1.165) is 18.2 Å². The molecule has 0 heterocycles. The fourth-order valence-corrected chi connectivity index (χ4v) is 2.37. The number of nitrogens with two attached hydrogens (primary N) is 1. The quantitative estimate of drug-likeness (QED) is 0.591. The van der Waals surface area contributed by atoms with Crippen LogP contribution in [0.2, 0.25) is 0 Å². The lowest BCUT2D eigenvalue weighted by molar-refractivity contribution is -0.132. The first-order valence-corrected chi connectivity index (χ1v) is 7.61. The molecule has 0 aliphatic heterocycles. The van der Waals surface area contributed by atoms with Gasteiger partial charge in [-0.1, -0.05) is 6.92 Å². The maximum absolute atomic E-state index is 13.6. The molecule has 0 radical (unpaired) electrons. The van der Waals surface area contributed by atoms with Gasteiger partial charge in [-0.3, -0.25) is 9.59 Å². The predicted octanol–water partition coefficient (Wildman–Crippen LogP) is 1.48. The number of likely N-dealkylation sites (N-methyl/N-ethyl adjacent to an activating group) is 1. The minimum Gasteiger partial charge on any atom is -0.399 e. The zero-order valence-electron chi connectivity index (χ0n) is 12.2. The van der Waals surface area contributed by atoms with Gasteiger partial charge in [0.15, 0.2) is 0 Å². The minimum absolute atomic E-state index is 0.00358. The first kappa shape index (κ1) is 17.3. The van der Waals surface area contributed by atoms with E-state index >= 15 is 0 Å².